The summed E-state index contributed by atoms with van der Waals surface area (Å²) in [6.45, 7) is 1.89. The van der Waals surface area contributed by atoms with Gasteiger partial charge in [0.25, 0.3) is 5.91 Å². The van der Waals surface area contributed by atoms with Gasteiger partial charge in [-0.1, -0.05) is 17.7 Å². The number of rotatable bonds is 2. The van der Waals surface area contributed by atoms with E-state index in [2.05, 4.69) is 27.9 Å². The fourth-order valence-electron chi connectivity index (χ4n) is 1.34. The lowest BCUT2D eigenvalue weighted by Crippen LogP contribution is -2.10. The Balaban J connectivity index is 2.20. The van der Waals surface area contributed by atoms with Crippen molar-refractivity contribution in [1.29, 1.82) is 0 Å². The zero-order valence-electron chi connectivity index (χ0n) is 8.96. The topological polar surface area (TPSA) is 29.1 Å². The van der Waals surface area contributed by atoms with Gasteiger partial charge in [0, 0.05) is 9.26 Å². The number of nitrogens with one attached hydrogen (secondary N) is 1. The number of carbonyl (C=O) groups excluding carboxylic acids is 1. The molecule has 0 radical (unpaired) electrons. The van der Waals surface area contributed by atoms with Crippen LogP contribution in [0.1, 0.15) is 15.2 Å². The summed E-state index contributed by atoms with van der Waals surface area (Å²) in [6.07, 6.45) is 0. The third-order valence-corrected chi connectivity index (χ3v) is 4.55. The molecule has 1 amide bonds. The van der Waals surface area contributed by atoms with E-state index in [1.54, 1.807) is 0 Å². The Bertz CT molecular complexity index is 567. The standard InChI is InChI=1S/C12H9ClINOS/c1-7-6-17-11(10(7)13)12(16)15-9-4-2-3-8(14)5-9/h2-6H,1H3,(H,15,16). The van der Waals surface area contributed by atoms with Crippen molar-refractivity contribution < 1.29 is 4.79 Å². The largest absolute Gasteiger partial charge is 0.321 e. The molecule has 2 nitrogen and oxygen atoms in total. The van der Waals surface area contributed by atoms with Crippen molar-refractivity contribution in [3.8, 4) is 0 Å². The van der Waals surface area contributed by atoms with E-state index < -0.39 is 0 Å². The number of halogens is 2. The normalized spacial score (nSPS) is 10.3. The number of benzene rings is 1. The van der Waals surface area contributed by atoms with Gasteiger partial charge in [-0.25, -0.2) is 0 Å². The van der Waals surface area contributed by atoms with Crippen LogP contribution in [0.3, 0.4) is 0 Å². The van der Waals surface area contributed by atoms with Crippen molar-refractivity contribution in [2.24, 2.45) is 0 Å². The molecule has 0 saturated heterocycles. The Morgan fingerprint density at radius 3 is 2.82 bits per heavy atom. The molecule has 0 aliphatic heterocycles. The highest BCUT2D eigenvalue weighted by atomic mass is 127. The molecule has 0 fully saturated rings. The van der Waals surface area contributed by atoms with Gasteiger partial charge in [-0.2, -0.15) is 0 Å². The zero-order valence-corrected chi connectivity index (χ0v) is 12.7. The molecular weight excluding hydrogens is 369 g/mol. The Morgan fingerprint density at radius 2 is 2.24 bits per heavy atom. The summed E-state index contributed by atoms with van der Waals surface area (Å²) in [7, 11) is 0. The molecule has 2 aromatic rings. The highest BCUT2D eigenvalue weighted by Crippen LogP contribution is 2.28. The molecule has 0 bridgehead atoms. The van der Waals surface area contributed by atoms with E-state index in [-0.39, 0.29) is 5.91 Å². The van der Waals surface area contributed by atoms with Crippen molar-refractivity contribution in [1.82, 2.24) is 0 Å². The van der Waals surface area contributed by atoms with E-state index in [0.29, 0.717) is 9.90 Å². The van der Waals surface area contributed by atoms with Gasteiger partial charge in [-0.3, -0.25) is 4.79 Å². The highest BCUT2D eigenvalue weighted by Gasteiger charge is 2.14. The Hall–Kier alpha value is -0.590. The molecule has 1 aromatic carbocycles. The SMILES string of the molecule is Cc1csc(C(=O)Nc2cccc(I)c2)c1Cl. The minimum atomic E-state index is -0.157. The monoisotopic (exact) mass is 377 g/mol. The van der Waals surface area contributed by atoms with E-state index in [9.17, 15) is 4.79 Å². The average molecular weight is 378 g/mol. The molecule has 5 heteroatoms. The molecule has 1 aromatic heterocycles. The second-order valence-corrected chi connectivity index (χ2v) is 6.03. The summed E-state index contributed by atoms with van der Waals surface area (Å²) >= 11 is 9.61. The lowest BCUT2D eigenvalue weighted by Gasteiger charge is -2.04. The minimum Gasteiger partial charge on any atom is -0.321 e. The van der Waals surface area contributed by atoms with Crippen molar-refractivity contribution in [2.45, 2.75) is 6.92 Å². The maximum Gasteiger partial charge on any atom is 0.267 e. The fourth-order valence-corrected chi connectivity index (χ4v) is 3.05. The predicted molar refractivity (Wildman–Crippen MR) is 81.2 cm³/mol. The van der Waals surface area contributed by atoms with Crippen LogP contribution in [-0.4, -0.2) is 5.91 Å². The average Bonchev–Trinajstić information content (AvgIpc) is 2.60. The summed E-state index contributed by atoms with van der Waals surface area (Å²) in [4.78, 5) is 12.5. The molecule has 2 rings (SSSR count). The lowest BCUT2D eigenvalue weighted by molar-refractivity contribution is 0.103. The molecule has 0 aliphatic rings. The van der Waals surface area contributed by atoms with Crippen LogP contribution >= 0.6 is 45.5 Å². The van der Waals surface area contributed by atoms with Crippen molar-refractivity contribution in [2.75, 3.05) is 5.32 Å². The van der Waals surface area contributed by atoms with Crippen LogP contribution in [0.4, 0.5) is 5.69 Å². The molecular formula is C12H9ClINOS. The minimum absolute atomic E-state index is 0.157. The van der Waals surface area contributed by atoms with Crippen LogP contribution in [0.15, 0.2) is 29.6 Å². The number of carbonyl (C=O) groups is 1. The van der Waals surface area contributed by atoms with E-state index in [1.165, 1.54) is 11.3 Å². The van der Waals surface area contributed by atoms with Crippen LogP contribution < -0.4 is 5.32 Å². The van der Waals surface area contributed by atoms with Crippen molar-refractivity contribution >= 4 is 57.1 Å². The van der Waals surface area contributed by atoms with Crippen LogP contribution in [-0.2, 0) is 0 Å². The molecule has 0 saturated carbocycles. The Morgan fingerprint density at radius 1 is 1.47 bits per heavy atom. The van der Waals surface area contributed by atoms with Crippen LogP contribution in [0.2, 0.25) is 5.02 Å². The first kappa shape index (κ1) is 12.9. The van der Waals surface area contributed by atoms with Gasteiger partial charge < -0.3 is 5.32 Å². The first-order chi connectivity index (χ1) is 8.08. The highest BCUT2D eigenvalue weighted by molar-refractivity contribution is 14.1. The molecule has 0 atom stereocenters. The van der Waals surface area contributed by atoms with Gasteiger partial charge in [-0.15, -0.1) is 11.3 Å². The molecule has 88 valence electrons. The molecule has 17 heavy (non-hydrogen) atoms. The van der Waals surface area contributed by atoms with E-state index in [1.807, 2.05) is 36.6 Å². The van der Waals surface area contributed by atoms with Gasteiger partial charge in [-0.05, 0) is 58.7 Å². The van der Waals surface area contributed by atoms with Crippen LogP contribution in [0, 0.1) is 10.5 Å². The summed E-state index contributed by atoms with van der Waals surface area (Å²) < 4.78 is 1.08. The molecule has 1 heterocycles. The van der Waals surface area contributed by atoms with Crippen LogP contribution in [0.5, 0.6) is 0 Å². The predicted octanol–water partition coefficient (Wildman–Crippen LogP) is 4.57. The molecule has 1 N–H and O–H groups in total. The molecule has 0 aliphatic carbocycles. The second-order valence-electron chi connectivity index (χ2n) is 3.53. The summed E-state index contributed by atoms with van der Waals surface area (Å²) in [5, 5.41) is 5.26. The fraction of sp³-hybridized carbons (Fsp3) is 0.0833. The van der Waals surface area contributed by atoms with E-state index in [0.717, 1.165) is 14.8 Å². The summed E-state index contributed by atoms with van der Waals surface area (Å²) in [6, 6.07) is 7.64. The number of thiophene rings is 1. The summed E-state index contributed by atoms with van der Waals surface area (Å²) in [5.74, 6) is -0.157. The number of aryl methyl sites for hydroxylation is 1. The number of amides is 1. The Labute approximate surface area is 122 Å². The number of hydrogen-bond donors (Lipinski definition) is 1. The smallest absolute Gasteiger partial charge is 0.267 e. The van der Waals surface area contributed by atoms with Gasteiger partial charge >= 0.3 is 0 Å². The first-order valence-corrected chi connectivity index (χ1v) is 7.22. The second kappa shape index (κ2) is 5.37. The quantitative estimate of drug-likeness (QED) is 0.763. The van der Waals surface area contributed by atoms with Crippen molar-refractivity contribution in [3.63, 3.8) is 0 Å². The van der Waals surface area contributed by atoms with E-state index in [4.69, 9.17) is 11.6 Å². The van der Waals surface area contributed by atoms with Gasteiger partial charge in [0.05, 0.1) is 5.02 Å². The summed E-state index contributed by atoms with van der Waals surface area (Å²) in [5.41, 5.74) is 1.72. The van der Waals surface area contributed by atoms with Gasteiger partial charge in [0.1, 0.15) is 4.88 Å². The third-order valence-electron chi connectivity index (χ3n) is 2.19. The van der Waals surface area contributed by atoms with Crippen molar-refractivity contribution in [3.05, 3.63) is 48.7 Å². The van der Waals surface area contributed by atoms with E-state index >= 15 is 0 Å². The van der Waals surface area contributed by atoms with Gasteiger partial charge in [0.2, 0.25) is 0 Å². The van der Waals surface area contributed by atoms with Gasteiger partial charge in [0.15, 0.2) is 0 Å². The zero-order chi connectivity index (χ0) is 12.4. The molecule has 0 spiro atoms. The lowest BCUT2D eigenvalue weighted by atomic mass is 10.3. The number of hydrogen-bond acceptors (Lipinski definition) is 2. The molecule has 0 unspecified atom stereocenters. The maximum absolute atomic E-state index is 12.0. The maximum atomic E-state index is 12.0. The number of anilines is 1. The first-order valence-electron chi connectivity index (χ1n) is 4.88. The van der Waals surface area contributed by atoms with Crippen LogP contribution in [0.25, 0.3) is 0 Å². The Kier molecular flexibility index (Phi) is 4.06. The third kappa shape index (κ3) is 3.00.